The lowest BCUT2D eigenvalue weighted by Crippen LogP contribution is -1.80. The van der Waals surface area contributed by atoms with E-state index in [-0.39, 0.29) is 0 Å². The van der Waals surface area contributed by atoms with Gasteiger partial charge >= 0.3 is 0 Å². The fourth-order valence-electron chi connectivity index (χ4n) is 3.07. The SMILES string of the molecule is c1ccc2c(-c3nnsc3-c3c[nH]c4ccccc34)c[nH]c2c1. The molecule has 0 unspecified atom stereocenters. The lowest BCUT2D eigenvalue weighted by atomic mass is 10.1. The van der Waals surface area contributed by atoms with Crippen LogP contribution < -0.4 is 0 Å². The molecule has 0 atom stereocenters. The summed E-state index contributed by atoms with van der Waals surface area (Å²) in [5.41, 5.74) is 5.41. The van der Waals surface area contributed by atoms with E-state index in [1.54, 1.807) is 0 Å². The number of hydrogen-bond acceptors (Lipinski definition) is 3. The van der Waals surface area contributed by atoms with Crippen LogP contribution in [0.1, 0.15) is 0 Å². The number of H-pyrrole nitrogens is 2. The van der Waals surface area contributed by atoms with E-state index in [1.807, 2.05) is 30.6 Å². The molecule has 5 heteroatoms. The Morgan fingerprint density at radius 2 is 1.35 bits per heavy atom. The zero-order valence-corrected chi connectivity index (χ0v) is 12.9. The Labute approximate surface area is 136 Å². The summed E-state index contributed by atoms with van der Waals surface area (Å²) in [6.45, 7) is 0. The first kappa shape index (κ1) is 12.6. The molecule has 0 amide bonds. The zero-order chi connectivity index (χ0) is 15.2. The fourth-order valence-corrected chi connectivity index (χ4v) is 3.78. The minimum absolute atomic E-state index is 0.928. The highest BCUT2D eigenvalue weighted by molar-refractivity contribution is 7.10. The second-order valence-electron chi connectivity index (χ2n) is 5.45. The molecular weight excluding hydrogens is 304 g/mol. The van der Waals surface area contributed by atoms with Crippen LogP contribution in [0.15, 0.2) is 60.9 Å². The van der Waals surface area contributed by atoms with Crippen LogP contribution in [0.3, 0.4) is 0 Å². The highest BCUT2D eigenvalue weighted by Gasteiger charge is 2.18. The molecule has 0 aliphatic carbocycles. The van der Waals surface area contributed by atoms with Crippen LogP contribution in [0, 0.1) is 0 Å². The number of para-hydroxylation sites is 2. The number of aromatic nitrogens is 4. The first-order valence-corrected chi connectivity index (χ1v) is 8.14. The molecule has 0 aliphatic heterocycles. The monoisotopic (exact) mass is 316 g/mol. The summed E-state index contributed by atoms with van der Waals surface area (Å²) >= 11 is 1.43. The predicted octanol–water partition coefficient (Wildman–Crippen LogP) is 4.83. The van der Waals surface area contributed by atoms with Gasteiger partial charge in [-0.15, -0.1) is 5.10 Å². The van der Waals surface area contributed by atoms with Crippen molar-refractivity contribution < 1.29 is 0 Å². The highest BCUT2D eigenvalue weighted by Crippen LogP contribution is 2.39. The van der Waals surface area contributed by atoms with E-state index in [0.717, 1.165) is 32.7 Å². The van der Waals surface area contributed by atoms with Gasteiger partial charge in [0.25, 0.3) is 0 Å². The molecule has 0 spiro atoms. The van der Waals surface area contributed by atoms with E-state index in [9.17, 15) is 0 Å². The topological polar surface area (TPSA) is 57.4 Å². The second-order valence-corrected chi connectivity index (χ2v) is 6.20. The third kappa shape index (κ3) is 1.83. The zero-order valence-electron chi connectivity index (χ0n) is 12.1. The van der Waals surface area contributed by atoms with Gasteiger partial charge in [-0.05, 0) is 23.7 Å². The van der Waals surface area contributed by atoms with Crippen LogP contribution in [0.4, 0.5) is 0 Å². The first-order valence-electron chi connectivity index (χ1n) is 7.37. The molecular formula is C18H12N4S. The molecule has 5 rings (SSSR count). The molecule has 3 aromatic heterocycles. The smallest absolute Gasteiger partial charge is 0.116 e. The third-order valence-corrected chi connectivity index (χ3v) is 4.93. The molecule has 5 aromatic rings. The minimum Gasteiger partial charge on any atom is -0.361 e. The Morgan fingerprint density at radius 1 is 0.739 bits per heavy atom. The van der Waals surface area contributed by atoms with Crippen LogP contribution in [0.2, 0.25) is 0 Å². The molecule has 0 aliphatic rings. The van der Waals surface area contributed by atoms with Crippen LogP contribution in [-0.2, 0) is 0 Å². The summed E-state index contributed by atoms with van der Waals surface area (Å²) < 4.78 is 4.21. The lowest BCUT2D eigenvalue weighted by Gasteiger charge is -1.99. The van der Waals surface area contributed by atoms with Crippen molar-refractivity contribution in [1.29, 1.82) is 0 Å². The molecule has 4 nitrogen and oxygen atoms in total. The van der Waals surface area contributed by atoms with Crippen molar-refractivity contribution >= 4 is 33.3 Å². The molecule has 2 aromatic carbocycles. The van der Waals surface area contributed by atoms with E-state index >= 15 is 0 Å². The van der Waals surface area contributed by atoms with E-state index in [4.69, 9.17) is 0 Å². The predicted molar refractivity (Wildman–Crippen MR) is 94.5 cm³/mol. The summed E-state index contributed by atoms with van der Waals surface area (Å²) in [7, 11) is 0. The van der Waals surface area contributed by atoms with Gasteiger partial charge in [-0.25, -0.2) is 0 Å². The van der Waals surface area contributed by atoms with Crippen molar-refractivity contribution in [2.24, 2.45) is 0 Å². The van der Waals surface area contributed by atoms with E-state index < -0.39 is 0 Å². The summed E-state index contributed by atoms with van der Waals surface area (Å²) in [5, 5.41) is 6.77. The largest absolute Gasteiger partial charge is 0.361 e. The Bertz CT molecular complexity index is 1040. The van der Waals surface area contributed by atoms with Gasteiger partial charge in [0.1, 0.15) is 5.69 Å². The maximum Gasteiger partial charge on any atom is 0.116 e. The summed E-state index contributed by atoms with van der Waals surface area (Å²) in [6, 6.07) is 16.6. The van der Waals surface area contributed by atoms with E-state index in [0.29, 0.717) is 0 Å². The summed E-state index contributed by atoms with van der Waals surface area (Å²) in [6.07, 6.45) is 4.05. The van der Waals surface area contributed by atoms with Gasteiger partial charge in [-0.3, -0.25) is 0 Å². The summed E-state index contributed by atoms with van der Waals surface area (Å²) in [5.74, 6) is 0. The molecule has 3 heterocycles. The normalized spacial score (nSPS) is 11.5. The molecule has 110 valence electrons. The number of fused-ring (bicyclic) bond motifs is 2. The fraction of sp³-hybridized carbons (Fsp3) is 0. The number of hydrogen-bond donors (Lipinski definition) is 2. The Morgan fingerprint density at radius 3 is 2.09 bits per heavy atom. The van der Waals surface area contributed by atoms with Crippen molar-refractivity contribution in [3.8, 4) is 21.7 Å². The summed E-state index contributed by atoms with van der Waals surface area (Å²) in [4.78, 5) is 7.73. The molecule has 0 radical (unpaired) electrons. The Balaban J connectivity index is 1.77. The Kier molecular flexibility index (Phi) is 2.63. The maximum atomic E-state index is 4.41. The molecule has 0 saturated heterocycles. The van der Waals surface area contributed by atoms with Gasteiger partial charge in [0.05, 0.1) is 4.88 Å². The average Bonchev–Trinajstić information content (AvgIpc) is 3.31. The quantitative estimate of drug-likeness (QED) is 0.490. The van der Waals surface area contributed by atoms with Crippen molar-refractivity contribution in [2.45, 2.75) is 0 Å². The second kappa shape index (κ2) is 4.79. The van der Waals surface area contributed by atoms with E-state index in [2.05, 4.69) is 49.9 Å². The number of rotatable bonds is 2. The number of nitrogens with zero attached hydrogens (tertiary/aromatic N) is 2. The highest BCUT2D eigenvalue weighted by atomic mass is 32.1. The van der Waals surface area contributed by atoms with Crippen molar-refractivity contribution in [3.63, 3.8) is 0 Å². The van der Waals surface area contributed by atoms with Gasteiger partial charge in [-0.2, -0.15) is 0 Å². The number of aromatic amines is 2. The van der Waals surface area contributed by atoms with Crippen LogP contribution in [-0.4, -0.2) is 19.6 Å². The van der Waals surface area contributed by atoms with Crippen LogP contribution >= 0.6 is 11.5 Å². The first-order chi connectivity index (χ1) is 11.4. The van der Waals surface area contributed by atoms with Gasteiger partial charge < -0.3 is 9.97 Å². The van der Waals surface area contributed by atoms with Gasteiger partial charge in [0.15, 0.2) is 0 Å². The minimum atomic E-state index is 0.928. The molecule has 23 heavy (non-hydrogen) atoms. The number of benzene rings is 2. The maximum absolute atomic E-state index is 4.41. The van der Waals surface area contributed by atoms with E-state index in [1.165, 1.54) is 22.3 Å². The Hall–Kier alpha value is -2.92. The van der Waals surface area contributed by atoms with Crippen molar-refractivity contribution in [1.82, 2.24) is 19.6 Å². The molecule has 0 saturated carbocycles. The standard InChI is InChI=1S/C18H12N4S/c1-3-7-15-11(5-1)13(9-19-15)17-18(23-22-21-17)14-10-20-16-8-4-2-6-12(14)16/h1-10,19-20H. The molecule has 0 bridgehead atoms. The van der Waals surface area contributed by atoms with Crippen LogP contribution in [0.5, 0.6) is 0 Å². The van der Waals surface area contributed by atoms with Crippen molar-refractivity contribution in [3.05, 3.63) is 60.9 Å². The molecule has 0 fully saturated rings. The third-order valence-electron chi connectivity index (χ3n) is 4.17. The molecule has 2 N–H and O–H groups in total. The van der Waals surface area contributed by atoms with Gasteiger partial charge in [0, 0.05) is 45.3 Å². The number of nitrogens with one attached hydrogen (secondary N) is 2. The van der Waals surface area contributed by atoms with Crippen LogP contribution in [0.25, 0.3) is 43.5 Å². The van der Waals surface area contributed by atoms with Crippen molar-refractivity contribution in [2.75, 3.05) is 0 Å². The average molecular weight is 316 g/mol. The van der Waals surface area contributed by atoms with Gasteiger partial charge in [-0.1, -0.05) is 40.9 Å². The van der Waals surface area contributed by atoms with Gasteiger partial charge in [0.2, 0.25) is 0 Å². The lowest BCUT2D eigenvalue weighted by molar-refractivity contribution is 1.16.